The average Bonchev–Trinajstić information content (AvgIpc) is 2.79. The minimum Gasteiger partial charge on any atom is -0.465 e. The van der Waals surface area contributed by atoms with Crippen molar-refractivity contribution in [3.63, 3.8) is 0 Å². The first-order valence-electron chi connectivity index (χ1n) is 13.9. The summed E-state index contributed by atoms with van der Waals surface area (Å²) >= 11 is 0. The fourth-order valence-corrected chi connectivity index (χ4v) is 4.57. The lowest BCUT2D eigenvalue weighted by Crippen LogP contribution is -2.28. The molecule has 188 valence electrons. The van der Waals surface area contributed by atoms with Crippen molar-refractivity contribution in [2.45, 2.75) is 136 Å². The van der Waals surface area contributed by atoms with Gasteiger partial charge in [0.2, 0.25) is 0 Å². The molecule has 1 rings (SSSR count). The van der Waals surface area contributed by atoms with Gasteiger partial charge in [-0.05, 0) is 44.4 Å². The minimum absolute atomic E-state index is 0.0277. The van der Waals surface area contributed by atoms with Gasteiger partial charge in [0, 0.05) is 0 Å². The van der Waals surface area contributed by atoms with Crippen molar-refractivity contribution in [3.05, 3.63) is 0 Å². The topological polar surface area (TPSA) is 52.6 Å². The Balaban J connectivity index is 1.96. The Morgan fingerprint density at radius 3 is 1.41 bits per heavy atom. The smallest absolute Gasteiger partial charge is 0.308 e. The molecule has 1 aliphatic rings. The van der Waals surface area contributed by atoms with Crippen molar-refractivity contribution in [3.8, 4) is 0 Å². The van der Waals surface area contributed by atoms with Crippen LogP contribution in [0.1, 0.15) is 136 Å². The van der Waals surface area contributed by atoms with E-state index in [0.29, 0.717) is 13.2 Å². The van der Waals surface area contributed by atoms with Gasteiger partial charge in [0.25, 0.3) is 0 Å². The second kappa shape index (κ2) is 19.4. The zero-order valence-electron chi connectivity index (χ0n) is 21.5. The molecule has 0 amide bonds. The molecular weight excluding hydrogens is 400 g/mol. The van der Waals surface area contributed by atoms with E-state index in [1.807, 2.05) is 0 Å². The highest BCUT2D eigenvalue weighted by Crippen LogP contribution is 2.30. The number of unbranched alkanes of at least 4 members (excludes halogenated alkanes) is 11. The number of hydrogen-bond acceptors (Lipinski definition) is 4. The summed E-state index contributed by atoms with van der Waals surface area (Å²) in [5.41, 5.74) is 0. The molecule has 4 heteroatoms. The molecule has 0 atom stereocenters. The third-order valence-electron chi connectivity index (χ3n) is 6.81. The van der Waals surface area contributed by atoms with Gasteiger partial charge >= 0.3 is 11.9 Å². The SMILES string of the molecule is CCCCCCCOC(=O)C1CCC(C(=O)OCCCCCCCCCCC(C)C)CC1. The van der Waals surface area contributed by atoms with E-state index in [1.54, 1.807) is 0 Å². The van der Waals surface area contributed by atoms with E-state index in [4.69, 9.17) is 9.47 Å². The number of carbonyl (C=O) groups excluding carboxylic acids is 2. The van der Waals surface area contributed by atoms with Crippen LogP contribution in [0.15, 0.2) is 0 Å². The lowest BCUT2D eigenvalue weighted by molar-refractivity contribution is -0.155. The van der Waals surface area contributed by atoms with E-state index in [-0.39, 0.29) is 23.8 Å². The van der Waals surface area contributed by atoms with E-state index in [2.05, 4.69) is 20.8 Å². The van der Waals surface area contributed by atoms with E-state index >= 15 is 0 Å². The molecule has 0 aromatic rings. The fraction of sp³-hybridized carbons (Fsp3) is 0.929. The maximum Gasteiger partial charge on any atom is 0.308 e. The second-order valence-corrected chi connectivity index (χ2v) is 10.3. The second-order valence-electron chi connectivity index (χ2n) is 10.3. The molecule has 1 aliphatic carbocycles. The molecule has 0 aliphatic heterocycles. The van der Waals surface area contributed by atoms with Gasteiger partial charge in [-0.25, -0.2) is 0 Å². The molecular formula is C28H52O4. The summed E-state index contributed by atoms with van der Waals surface area (Å²) in [6, 6.07) is 0. The van der Waals surface area contributed by atoms with E-state index in [0.717, 1.165) is 57.3 Å². The molecule has 0 spiro atoms. The summed E-state index contributed by atoms with van der Waals surface area (Å²) in [7, 11) is 0. The van der Waals surface area contributed by atoms with Gasteiger partial charge in [0.15, 0.2) is 0 Å². The molecule has 0 heterocycles. The largest absolute Gasteiger partial charge is 0.465 e. The Labute approximate surface area is 198 Å². The fourth-order valence-electron chi connectivity index (χ4n) is 4.57. The summed E-state index contributed by atoms with van der Waals surface area (Å²) in [6.07, 6.45) is 20.3. The van der Waals surface area contributed by atoms with Crippen LogP contribution in [0, 0.1) is 17.8 Å². The van der Waals surface area contributed by atoms with E-state index in [1.165, 1.54) is 64.2 Å². The van der Waals surface area contributed by atoms with Crippen LogP contribution in [-0.4, -0.2) is 25.2 Å². The highest BCUT2D eigenvalue weighted by atomic mass is 16.5. The van der Waals surface area contributed by atoms with Crippen LogP contribution in [0.25, 0.3) is 0 Å². The predicted octanol–water partition coefficient (Wildman–Crippen LogP) is 8.02. The lowest BCUT2D eigenvalue weighted by atomic mass is 9.82. The highest BCUT2D eigenvalue weighted by Gasteiger charge is 2.31. The molecule has 0 unspecified atom stereocenters. The van der Waals surface area contributed by atoms with Crippen LogP contribution >= 0.6 is 0 Å². The predicted molar refractivity (Wildman–Crippen MR) is 133 cm³/mol. The number of esters is 2. The van der Waals surface area contributed by atoms with Crippen molar-refractivity contribution < 1.29 is 19.1 Å². The minimum atomic E-state index is -0.0627. The first-order valence-corrected chi connectivity index (χ1v) is 13.9. The van der Waals surface area contributed by atoms with Crippen molar-refractivity contribution in [2.24, 2.45) is 17.8 Å². The zero-order valence-corrected chi connectivity index (χ0v) is 21.5. The van der Waals surface area contributed by atoms with Gasteiger partial charge in [-0.15, -0.1) is 0 Å². The maximum atomic E-state index is 12.3. The van der Waals surface area contributed by atoms with Crippen LogP contribution in [0.3, 0.4) is 0 Å². The van der Waals surface area contributed by atoms with Crippen LogP contribution in [0.2, 0.25) is 0 Å². The van der Waals surface area contributed by atoms with Crippen molar-refractivity contribution >= 4 is 11.9 Å². The van der Waals surface area contributed by atoms with E-state index < -0.39 is 0 Å². The van der Waals surface area contributed by atoms with Gasteiger partial charge in [0.1, 0.15) is 0 Å². The van der Waals surface area contributed by atoms with Gasteiger partial charge in [-0.3, -0.25) is 9.59 Å². The molecule has 0 saturated heterocycles. The Hall–Kier alpha value is -1.06. The Bertz CT molecular complexity index is 466. The van der Waals surface area contributed by atoms with Gasteiger partial charge in [-0.1, -0.05) is 97.8 Å². The van der Waals surface area contributed by atoms with Crippen LogP contribution in [0.4, 0.5) is 0 Å². The average molecular weight is 453 g/mol. The molecule has 0 N–H and O–H groups in total. The standard InChI is InChI=1S/C28H52O4/c1-4-5-6-12-15-22-31-27(29)25-18-20-26(21-19-25)28(30)32-23-16-13-10-8-7-9-11-14-17-24(2)3/h24-26H,4-23H2,1-3H3. The molecule has 1 fully saturated rings. The molecule has 4 nitrogen and oxygen atoms in total. The third kappa shape index (κ3) is 14.9. The van der Waals surface area contributed by atoms with Gasteiger partial charge in [-0.2, -0.15) is 0 Å². The summed E-state index contributed by atoms with van der Waals surface area (Å²) in [5, 5.41) is 0. The molecule has 0 radical (unpaired) electrons. The lowest BCUT2D eigenvalue weighted by Gasteiger charge is -2.26. The van der Waals surface area contributed by atoms with Crippen LogP contribution < -0.4 is 0 Å². The summed E-state index contributed by atoms with van der Waals surface area (Å²) in [4.78, 5) is 24.5. The number of hydrogen-bond donors (Lipinski definition) is 0. The maximum absolute atomic E-state index is 12.3. The van der Waals surface area contributed by atoms with Crippen LogP contribution in [-0.2, 0) is 19.1 Å². The van der Waals surface area contributed by atoms with Crippen molar-refractivity contribution in [2.75, 3.05) is 13.2 Å². The Kier molecular flexibility index (Phi) is 17.6. The monoisotopic (exact) mass is 452 g/mol. The molecule has 0 aromatic heterocycles. The van der Waals surface area contributed by atoms with Crippen LogP contribution in [0.5, 0.6) is 0 Å². The normalized spacial score (nSPS) is 18.6. The summed E-state index contributed by atoms with van der Waals surface area (Å²) < 4.78 is 11.0. The summed E-state index contributed by atoms with van der Waals surface area (Å²) in [5.74, 6) is 0.656. The third-order valence-corrected chi connectivity index (χ3v) is 6.81. The van der Waals surface area contributed by atoms with Crippen molar-refractivity contribution in [1.82, 2.24) is 0 Å². The van der Waals surface area contributed by atoms with Gasteiger partial charge < -0.3 is 9.47 Å². The quantitative estimate of drug-likeness (QED) is 0.147. The molecule has 1 saturated carbocycles. The zero-order chi connectivity index (χ0) is 23.4. The Morgan fingerprint density at radius 1 is 0.625 bits per heavy atom. The first kappa shape index (κ1) is 29.0. The number of carbonyl (C=O) groups is 2. The first-order chi connectivity index (χ1) is 15.5. The van der Waals surface area contributed by atoms with Gasteiger partial charge in [0.05, 0.1) is 25.0 Å². The number of rotatable bonds is 19. The Morgan fingerprint density at radius 2 is 1.00 bits per heavy atom. The van der Waals surface area contributed by atoms with Crippen molar-refractivity contribution in [1.29, 1.82) is 0 Å². The summed E-state index contributed by atoms with van der Waals surface area (Å²) in [6.45, 7) is 7.89. The molecule has 0 aromatic carbocycles. The highest BCUT2D eigenvalue weighted by molar-refractivity contribution is 5.75. The molecule has 32 heavy (non-hydrogen) atoms. The van der Waals surface area contributed by atoms with E-state index in [9.17, 15) is 9.59 Å². The molecule has 0 bridgehead atoms. The number of ether oxygens (including phenoxy) is 2.